The average Bonchev–Trinajstić information content (AvgIpc) is 2.96. The largest absolute Gasteiger partial charge is 0.493 e. The number of nitrogens with one attached hydrogen (secondary N) is 1. The van der Waals surface area contributed by atoms with Crippen LogP contribution >= 0.6 is 0 Å². The SMILES string of the molecule is COc1cccc(-c2nc3ccc(C(=O)O)cc3[nH]2)c1OC. The Balaban J connectivity index is 2.16. The third-order valence-corrected chi connectivity index (χ3v) is 3.39. The molecule has 3 aromatic rings. The second-order valence-corrected chi connectivity index (χ2v) is 4.66. The molecule has 6 nitrogen and oxygen atoms in total. The van der Waals surface area contributed by atoms with Crippen LogP contribution < -0.4 is 9.47 Å². The molecule has 0 aliphatic carbocycles. The molecule has 0 saturated carbocycles. The predicted molar refractivity (Wildman–Crippen MR) is 81.6 cm³/mol. The highest BCUT2D eigenvalue weighted by Crippen LogP contribution is 2.37. The van der Waals surface area contributed by atoms with Crippen LogP contribution in [0.2, 0.25) is 0 Å². The Morgan fingerprint density at radius 1 is 1.18 bits per heavy atom. The number of aromatic carboxylic acids is 1. The minimum atomic E-state index is -0.975. The van der Waals surface area contributed by atoms with Gasteiger partial charge in [-0.3, -0.25) is 0 Å². The topological polar surface area (TPSA) is 84.4 Å². The molecule has 0 spiro atoms. The third kappa shape index (κ3) is 2.24. The van der Waals surface area contributed by atoms with Crippen LogP contribution in [0, 0.1) is 0 Å². The van der Waals surface area contributed by atoms with E-state index in [1.165, 1.54) is 6.07 Å². The van der Waals surface area contributed by atoms with Gasteiger partial charge in [0, 0.05) is 0 Å². The number of H-pyrrole nitrogens is 1. The molecule has 0 bridgehead atoms. The van der Waals surface area contributed by atoms with Crippen LogP contribution in [0.4, 0.5) is 0 Å². The summed E-state index contributed by atoms with van der Waals surface area (Å²) >= 11 is 0. The summed E-state index contributed by atoms with van der Waals surface area (Å²) in [5.74, 6) is 0.791. The summed E-state index contributed by atoms with van der Waals surface area (Å²) in [7, 11) is 3.13. The Hall–Kier alpha value is -3.02. The Morgan fingerprint density at radius 2 is 2.00 bits per heavy atom. The van der Waals surface area contributed by atoms with Crippen molar-refractivity contribution in [2.45, 2.75) is 0 Å². The van der Waals surface area contributed by atoms with Gasteiger partial charge in [0.05, 0.1) is 36.4 Å². The van der Waals surface area contributed by atoms with Crippen molar-refractivity contribution in [3.05, 3.63) is 42.0 Å². The third-order valence-electron chi connectivity index (χ3n) is 3.39. The molecule has 0 fully saturated rings. The highest BCUT2D eigenvalue weighted by Gasteiger charge is 2.15. The van der Waals surface area contributed by atoms with Crippen LogP contribution in [0.25, 0.3) is 22.4 Å². The number of benzene rings is 2. The first-order valence-corrected chi connectivity index (χ1v) is 6.58. The van der Waals surface area contributed by atoms with E-state index in [-0.39, 0.29) is 5.56 Å². The fourth-order valence-electron chi connectivity index (χ4n) is 2.34. The van der Waals surface area contributed by atoms with Crippen molar-refractivity contribution >= 4 is 17.0 Å². The van der Waals surface area contributed by atoms with Gasteiger partial charge in [0.2, 0.25) is 0 Å². The maximum atomic E-state index is 11.0. The van der Waals surface area contributed by atoms with Gasteiger partial charge in [-0.15, -0.1) is 0 Å². The Bertz CT molecular complexity index is 854. The Morgan fingerprint density at radius 3 is 2.68 bits per heavy atom. The van der Waals surface area contributed by atoms with Crippen LogP contribution in [-0.2, 0) is 0 Å². The summed E-state index contributed by atoms with van der Waals surface area (Å²) in [6, 6.07) is 10.3. The summed E-state index contributed by atoms with van der Waals surface area (Å²) in [5.41, 5.74) is 2.29. The summed E-state index contributed by atoms with van der Waals surface area (Å²) in [4.78, 5) is 18.6. The highest BCUT2D eigenvalue weighted by atomic mass is 16.5. The number of hydrogen-bond acceptors (Lipinski definition) is 4. The van der Waals surface area contributed by atoms with Gasteiger partial charge >= 0.3 is 5.97 Å². The van der Waals surface area contributed by atoms with E-state index < -0.39 is 5.97 Å². The molecule has 0 unspecified atom stereocenters. The van der Waals surface area contributed by atoms with Gasteiger partial charge in [0.25, 0.3) is 0 Å². The number of carboxylic acid groups (broad SMARTS) is 1. The van der Waals surface area contributed by atoms with Crippen LogP contribution in [-0.4, -0.2) is 35.3 Å². The predicted octanol–water partition coefficient (Wildman–Crippen LogP) is 2.95. The van der Waals surface area contributed by atoms with Crippen LogP contribution in [0.5, 0.6) is 11.5 Å². The number of carbonyl (C=O) groups is 1. The van der Waals surface area contributed by atoms with E-state index in [1.54, 1.807) is 32.4 Å². The maximum Gasteiger partial charge on any atom is 0.335 e. The number of carboxylic acids is 1. The number of ether oxygens (including phenoxy) is 2. The second-order valence-electron chi connectivity index (χ2n) is 4.66. The fraction of sp³-hybridized carbons (Fsp3) is 0.125. The number of aromatic amines is 1. The molecular formula is C16H14N2O4. The van der Waals surface area contributed by atoms with Gasteiger partial charge in [-0.2, -0.15) is 0 Å². The van der Waals surface area contributed by atoms with E-state index >= 15 is 0 Å². The molecule has 6 heteroatoms. The quantitative estimate of drug-likeness (QED) is 0.773. The van der Waals surface area contributed by atoms with Crippen molar-refractivity contribution in [2.75, 3.05) is 14.2 Å². The van der Waals surface area contributed by atoms with Crippen LogP contribution in [0.1, 0.15) is 10.4 Å². The lowest BCUT2D eigenvalue weighted by Gasteiger charge is -2.10. The van der Waals surface area contributed by atoms with E-state index in [4.69, 9.17) is 14.6 Å². The van der Waals surface area contributed by atoms with E-state index in [0.29, 0.717) is 28.4 Å². The monoisotopic (exact) mass is 298 g/mol. The minimum absolute atomic E-state index is 0.209. The second kappa shape index (κ2) is 5.40. The fourth-order valence-corrected chi connectivity index (χ4v) is 2.34. The van der Waals surface area contributed by atoms with Gasteiger partial charge in [-0.1, -0.05) is 6.07 Å². The summed E-state index contributed by atoms with van der Waals surface area (Å²) in [6.07, 6.45) is 0. The van der Waals surface area contributed by atoms with Gasteiger partial charge < -0.3 is 19.6 Å². The van der Waals surface area contributed by atoms with Crippen LogP contribution in [0.3, 0.4) is 0 Å². The Kier molecular flexibility index (Phi) is 3.42. The number of fused-ring (bicyclic) bond motifs is 1. The summed E-state index contributed by atoms with van der Waals surface area (Å²) in [6.45, 7) is 0. The number of rotatable bonds is 4. The van der Waals surface area contributed by atoms with Crippen molar-refractivity contribution in [2.24, 2.45) is 0 Å². The van der Waals surface area contributed by atoms with Gasteiger partial charge in [-0.05, 0) is 30.3 Å². The molecule has 22 heavy (non-hydrogen) atoms. The molecule has 0 amide bonds. The molecule has 2 N–H and O–H groups in total. The molecule has 0 aliphatic heterocycles. The lowest BCUT2D eigenvalue weighted by atomic mass is 10.1. The molecule has 3 rings (SSSR count). The zero-order chi connectivity index (χ0) is 15.7. The number of para-hydroxylation sites is 1. The first-order chi connectivity index (χ1) is 10.6. The van der Waals surface area contributed by atoms with Gasteiger partial charge in [0.1, 0.15) is 5.82 Å². The van der Waals surface area contributed by atoms with E-state index in [2.05, 4.69) is 9.97 Å². The zero-order valence-corrected chi connectivity index (χ0v) is 12.1. The molecule has 0 aliphatic rings. The molecule has 0 radical (unpaired) electrons. The van der Waals surface area contributed by atoms with E-state index in [1.807, 2.05) is 12.1 Å². The zero-order valence-electron chi connectivity index (χ0n) is 12.1. The number of nitrogens with zero attached hydrogens (tertiary/aromatic N) is 1. The first kappa shape index (κ1) is 13.9. The van der Waals surface area contributed by atoms with E-state index in [9.17, 15) is 4.79 Å². The number of aromatic nitrogens is 2. The average molecular weight is 298 g/mol. The first-order valence-electron chi connectivity index (χ1n) is 6.58. The van der Waals surface area contributed by atoms with Crippen molar-refractivity contribution < 1.29 is 19.4 Å². The van der Waals surface area contributed by atoms with Crippen molar-refractivity contribution in [3.8, 4) is 22.9 Å². The molecule has 112 valence electrons. The van der Waals surface area contributed by atoms with E-state index in [0.717, 1.165) is 5.56 Å². The van der Waals surface area contributed by atoms with Crippen molar-refractivity contribution in [1.82, 2.24) is 9.97 Å². The summed E-state index contributed by atoms with van der Waals surface area (Å²) < 4.78 is 10.7. The molecule has 1 aromatic heterocycles. The minimum Gasteiger partial charge on any atom is -0.493 e. The van der Waals surface area contributed by atoms with Gasteiger partial charge in [0.15, 0.2) is 11.5 Å². The smallest absolute Gasteiger partial charge is 0.335 e. The maximum absolute atomic E-state index is 11.0. The number of imidazole rings is 1. The number of hydrogen-bond donors (Lipinski definition) is 2. The standard InChI is InChI=1S/C16H14N2O4/c1-21-13-5-3-4-10(14(13)22-2)15-17-11-7-6-9(16(19)20)8-12(11)18-15/h3-8H,1-2H3,(H,17,18)(H,19,20). The normalized spacial score (nSPS) is 10.6. The molecule has 0 atom stereocenters. The molecule has 1 heterocycles. The summed E-state index contributed by atoms with van der Waals surface area (Å²) in [5, 5.41) is 9.05. The molecule has 0 saturated heterocycles. The van der Waals surface area contributed by atoms with Crippen LogP contribution in [0.15, 0.2) is 36.4 Å². The molecule has 2 aromatic carbocycles. The van der Waals surface area contributed by atoms with Crippen molar-refractivity contribution in [1.29, 1.82) is 0 Å². The highest BCUT2D eigenvalue weighted by molar-refractivity contribution is 5.93. The van der Waals surface area contributed by atoms with Crippen molar-refractivity contribution in [3.63, 3.8) is 0 Å². The Labute approximate surface area is 126 Å². The lowest BCUT2D eigenvalue weighted by Crippen LogP contribution is -1.94. The molecular weight excluding hydrogens is 284 g/mol. The lowest BCUT2D eigenvalue weighted by molar-refractivity contribution is 0.0697. The van der Waals surface area contributed by atoms with Gasteiger partial charge in [-0.25, -0.2) is 9.78 Å². The number of methoxy groups -OCH3 is 2.